The van der Waals surface area contributed by atoms with Crippen molar-refractivity contribution in [3.63, 3.8) is 0 Å². The number of ether oxygens (including phenoxy) is 1. The summed E-state index contributed by atoms with van der Waals surface area (Å²) in [4.78, 5) is 2.30. The van der Waals surface area contributed by atoms with Crippen LogP contribution in [0.5, 0.6) is 0 Å². The lowest BCUT2D eigenvalue weighted by Crippen LogP contribution is -2.58. The van der Waals surface area contributed by atoms with Crippen molar-refractivity contribution in [2.45, 2.75) is 64.9 Å². The summed E-state index contributed by atoms with van der Waals surface area (Å²) in [6, 6.07) is 0.414. The maximum Gasteiger partial charge on any atom is 0.0791 e. The largest absolute Gasteiger partial charge is 0.390 e. The minimum absolute atomic E-state index is 0.146. The predicted molar refractivity (Wildman–Crippen MR) is 74.8 cm³/mol. The summed E-state index contributed by atoms with van der Waals surface area (Å²) >= 11 is 0. The first-order valence-electron chi connectivity index (χ1n) is 6.94. The second-order valence-electron chi connectivity index (χ2n) is 7.01. The smallest absolute Gasteiger partial charge is 0.0791 e. The quantitative estimate of drug-likeness (QED) is 0.779. The van der Waals surface area contributed by atoms with Crippen molar-refractivity contribution < 1.29 is 9.84 Å². The number of β-amino-alcohol motifs (C(OH)–C–C–N with tert-alkyl or cyclic N) is 1. The van der Waals surface area contributed by atoms with Crippen LogP contribution in [-0.4, -0.2) is 59.5 Å². The van der Waals surface area contributed by atoms with Crippen LogP contribution in [0.4, 0.5) is 0 Å². The summed E-state index contributed by atoms with van der Waals surface area (Å²) in [5.74, 6) is 0. The van der Waals surface area contributed by atoms with E-state index in [1.807, 2.05) is 0 Å². The van der Waals surface area contributed by atoms with Crippen LogP contribution in [0.1, 0.15) is 41.5 Å². The fourth-order valence-corrected chi connectivity index (χ4v) is 2.81. The maximum absolute atomic E-state index is 10.0. The molecule has 108 valence electrons. The van der Waals surface area contributed by atoms with Gasteiger partial charge in [-0.25, -0.2) is 0 Å². The SMILES string of the molecule is CC(C)NCC(O)CN1CC(C)(C)OC(C)(C)C1. The molecule has 4 nitrogen and oxygen atoms in total. The van der Waals surface area contributed by atoms with Crippen molar-refractivity contribution in [1.82, 2.24) is 10.2 Å². The van der Waals surface area contributed by atoms with Crippen LogP contribution in [0.25, 0.3) is 0 Å². The zero-order valence-electron chi connectivity index (χ0n) is 12.8. The lowest BCUT2D eigenvalue weighted by Gasteiger charge is -2.47. The molecular formula is C14H30N2O2. The van der Waals surface area contributed by atoms with E-state index in [-0.39, 0.29) is 17.3 Å². The third-order valence-electron chi connectivity index (χ3n) is 2.99. The number of hydrogen-bond donors (Lipinski definition) is 2. The van der Waals surface area contributed by atoms with Crippen molar-refractivity contribution in [3.8, 4) is 0 Å². The van der Waals surface area contributed by atoms with Gasteiger partial charge in [-0.05, 0) is 27.7 Å². The molecule has 4 heteroatoms. The molecule has 1 saturated heterocycles. The number of hydrogen-bond acceptors (Lipinski definition) is 4. The normalized spacial score (nSPS) is 25.3. The van der Waals surface area contributed by atoms with Gasteiger partial charge in [-0.3, -0.25) is 4.90 Å². The highest BCUT2D eigenvalue weighted by molar-refractivity contribution is 4.89. The third kappa shape index (κ3) is 5.65. The van der Waals surface area contributed by atoms with Gasteiger partial charge >= 0.3 is 0 Å². The zero-order valence-corrected chi connectivity index (χ0v) is 12.8. The Bertz CT molecular complexity index is 249. The Morgan fingerprint density at radius 2 is 1.67 bits per heavy atom. The fourth-order valence-electron chi connectivity index (χ4n) is 2.81. The van der Waals surface area contributed by atoms with Crippen LogP contribution in [0.3, 0.4) is 0 Å². The van der Waals surface area contributed by atoms with Crippen LogP contribution < -0.4 is 5.32 Å². The van der Waals surface area contributed by atoms with Gasteiger partial charge in [0.2, 0.25) is 0 Å². The van der Waals surface area contributed by atoms with Gasteiger partial charge in [-0.2, -0.15) is 0 Å². The van der Waals surface area contributed by atoms with E-state index in [9.17, 15) is 5.11 Å². The van der Waals surface area contributed by atoms with Gasteiger partial charge in [0.05, 0.1) is 17.3 Å². The Hall–Kier alpha value is -0.160. The Kier molecular flexibility index (Phi) is 5.18. The van der Waals surface area contributed by atoms with E-state index in [1.54, 1.807) is 0 Å². The van der Waals surface area contributed by atoms with Crippen molar-refractivity contribution in [1.29, 1.82) is 0 Å². The van der Waals surface area contributed by atoms with E-state index >= 15 is 0 Å². The first-order chi connectivity index (χ1) is 8.10. The highest BCUT2D eigenvalue weighted by atomic mass is 16.5. The molecule has 0 aromatic rings. The molecule has 0 amide bonds. The number of nitrogens with zero attached hydrogens (tertiary/aromatic N) is 1. The number of aliphatic hydroxyl groups is 1. The predicted octanol–water partition coefficient (Wildman–Crippen LogP) is 1.23. The standard InChI is InChI=1S/C14H30N2O2/c1-11(2)15-7-12(17)8-16-9-13(3,4)18-14(5,6)10-16/h11-12,15,17H,7-10H2,1-6H3. The maximum atomic E-state index is 10.0. The summed E-state index contributed by atoms with van der Waals surface area (Å²) in [7, 11) is 0. The van der Waals surface area contributed by atoms with Gasteiger partial charge in [0.1, 0.15) is 0 Å². The summed E-state index contributed by atoms with van der Waals surface area (Å²) in [5.41, 5.74) is -0.292. The molecule has 1 rings (SSSR count). The number of aliphatic hydroxyl groups excluding tert-OH is 1. The first-order valence-corrected chi connectivity index (χ1v) is 6.94. The molecule has 0 radical (unpaired) electrons. The minimum atomic E-state index is -0.322. The average Bonchev–Trinajstić information content (AvgIpc) is 2.09. The van der Waals surface area contributed by atoms with Gasteiger partial charge < -0.3 is 15.2 Å². The Balaban J connectivity index is 2.46. The van der Waals surface area contributed by atoms with E-state index in [0.29, 0.717) is 19.1 Å². The van der Waals surface area contributed by atoms with E-state index in [4.69, 9.17) is 4.74 Å². The van der Waals surface area contributed by atoms with Crippen LogP contribution in [0, 0.1) is 0 Å². The molecule has 18 heavy (non-hydrogen) atoms. The van der Waals surface area contributed by atoms with E-state index in [0.717, 1.165) is 13.1 Å². The van der Waals surface area contributed by atoms with Crippen LogP contribution in [0.2, 0.25) is 0 Å². The lowest BCUT2D eigenvalue weighted by atomic mass is 9.98. The molecule has 0 bridgehead atoms. The van der Waals surface area contributed by atoms with Crippen molar-refractivity contribution in [3.05, 3.63) is 0 Å². The highest BCUT2D eigenvalue weighted by Crippen LogP contribution is 2.27. The zero-order chi connectivity index (χ0) is 14.0. The molecule has 0 spiro atoms. The second-order valence-corrected chi connectivity index (χ2v) is 7.01. The molecule has 1 heterocycles. The topological polar surface area (TPSA) is 44.7 Å². The fraction of sp³-hybridized carbons (Fsp3) is 1.00. The van der Waals surface area contributed by atoms with Gasteiger partial charge in [-0.15, -0.1) is 0 Å². The monoisotopic (exact) mass is 258 g/mol. The molecular weight excluding hydrogens is 228 g/mol. The molecule has 0 aliphatic carbocycles. The third-order valence-corrected chi connectivity index (χ3v) is 2.99. The van der Waals surface area contributed by atoms with Gasteiger partial charge in [0, 0.05) is 32.2 Å². The van der Waals surface area contributed by atoms with E-state index < -0.39 is 0 Å². The highest BCUT2D eigenvalue weighted by Gasteiger charge is 2.38. The summed E-state index contributed by atoms with van der Waals surface area (Å²) in [6.45, 7) is 15.7. The summed E-state index contributed by atoms with van der Waals surface area (Å²) < 4.78 is 6.03. The molecule has 1 unspecified atom stereocenters. The summed E-state index contributed by atoms with van der Waals surface area (Å²) in [5, 5.41) is 13.3. The van der Waals surface area contributed by atoms with Crippen molar-refractivity contribution in [2.24, 2.45) is 0 Å². The number of nitrogens with one attached hydrogen (secondary N) is 1. The van der Waals surface area contributed by atoms with Crippen LogP contribution in [0.15, 0.2) is 0 Å². The number of rotatable bonds is 5. The summed E-state index contributed by atoms with van der Waals surface area (Å²) in [6.07, 6.45) is -0.322. The molecule has 1 aliphatic rings. The van der Waals surface area contributed by atoms with E-state index in [1.165, 1.54) is 0 Å². The molecule has 1 aliphatic heterocycles. The lowest BCUT2D eigenvalue weighted by molar-refractivity contribution is -0.183. The second kappa shape index (κ2) is 5.87. The van der Waals surface area contributed by atoms with Crippen molar-refractivity contribution in [2.75, 3.05) is 26.2 Å². The first kappa shape index (κ1) is 15.9. The van der Waals surface area contributed by atoms with E-state index in [2.05, 4.69) is 51.8 Å². The molecule has 2 N–H and O–H groups in total. The minimum Gasteiger partial charge on any atom is -0.390 e. The van der Waals surface area contributed by atoms with Crippen molar-refractivity contribution >= 4 is 0 Å². The van der Waals surface area contributed by atoms with Gasteiger partial charge in [-0.1, -0.05) is 13.8 Å². The Morgan fingerprint density at radius 1 is 1.17 bits per heavy atom. The van der Waals surface area contributed by atoms with Crippen LogP contribution >= 0.6 is 0 Å². The van der Waals surface area contributed by atoms with Gasteiger partial charge in [0.15, 0.2) is 0 Å². The molecule has 0 saturated carbocycles. The van der Waals surface area contributed by atoms with Crippen LogP contribution in [-0.2, 0) is 4.74 Å². The van der Waals surface area contributed by atoms with Gasteiger partial charge in [0.25, 0.3) is 0 Å². The molecule has 0 aromatic heterocycles. The molecule has 1 fully saturated rings. The Labute approximate surface area is 112 Å². The Morgan fingerprint density at radius 3 is 2.11 bits per heavy atom. The average molecular weight is 258 g/mol. The molecule has 0 aromatic carbocycles. The number of morpholine rings is 1. The molecule has 1 atom stereocenters.